The summed E-state index contributed by atoms with van der Waals surface area (Å²) in [4.78, 5) is 29.3. The van der Waals surface area contributed by atoms with Gasteiger partial charge in [-0.15, -0.1) is 0 Å². The molecule has 6 heteroatoms. The van der Waals surface area contributed by atoms with Crippen LogP contribution in [0.1, 0.15) is 82.6 Å². The number of rotatable bonds is 7. The molecule has 180 valence electrons. The average Bonchev–Trinajstić information content (AvgIpc) is 3.13. The normalized spacial score (nSPS) is 22.3. The third kappa shape index (κ3) is 5.11. The Labute approximate surface area is 197 Å². The van der Waals surface area contributed by atoms with Gasteiger partial charge >= 0.3 is 0 Å². The Morgan fingerprint density at radius 2 is 1.85 bits per heavy atom. The maximum atomic E-state index is 13.8. The van der Waals surface area contributed by atoms with Crippen LogP contribution in [0, 0.1) is 0 Å². The number of para-hydroxylation sites is 1. The first-order valence-corrected chi connectivity index (χ1v) is 12.7. The van der Waals surface area contributed by atoms with Crippen molar-refractivity contribution in [2.24, 2.45) is 0 Å². The first kappa shape index (κ1) is 23.8. The van der Waals surface area contributed by atoms with E-state index in [9.17, 15) is 9.59 Å². The van der Waals surface area contributed by atoms with Gasteiger partial charge in [0, 0.05) is 30.1 Å². The van der Waals surface area contributed by atoms with Crippen LogP contribution in [0.5, 0.6) is 0 Å². The van der Waals surface area contributed by atoms with E-state index >= 15 is 0 Å². The fourth-order valence-electron chi connectivity index (χ4n) is 5.34. The molecule has 6 nitrogen and oxygen atoms in total. The molecule has 2 heterocycles. The van der Waals surface area contributed by atoms with E-state index < -0.39 is 5.54 Å². The summed E-state index contributed by atoms with van der Waals surface area (Å²) in [6.07, 6.45) is 8.99. The molecule has 1 saturated carbocycles. The second-order valence-electron chi connectivity index (χ2n) is 10.2. The summed E-state index contributed by atoms with van der Waals surface area (Å²) in [5.74, 6) is -0.105. The third-order valence-corrected chi connectivity index (χ3v) is 7.24. The van der Waals surface area contributed by atoms with Crippen LogP contribution in [-0.4, -0.2) is 52.1 Å². The van der Waals surface area contributed by atoms with Crippen LogP contribution in [0.4, 0.5) is 0 Å². The van der Waals surface area contributed by atoms with Gasteiger partial charge in [0.1, 0.15) is 11.2 Å². The Morgan fingerprint density at radius 3 is 2.58 bits per heavy atom. The van der Waals surface area contributed by atoms with Gasteiger partial charge in [0.2, 0.25) is 5.91 Å². The number of ether oxygens (including phenoxy) is 1. The zero-order valence-corrected chi connectivity index (χ0v) is 20.4. The number of hydrogen-bond acceptors (Lipinski definition) is 3. The van der Waals surface area contributed by atoms with Crippen molar-refractivity contribution in [2.75, 3.05) is 13.2 Å². The summed E-state index contributed by atoms with van der Waals surface area (Å²) in [6.45, 7) is 7.50. The summed E-state index contributed by atoms with van der Waals surface area (Å²) < 4.78 is 7.76. The number of fused-ring (bicyclic) bond motifs is 3. The SMILES string of the molecule is CC(C)OCCCN1C(=O)c2cc3ccccc3n2C[C@@]1(C)C(=O)NC1CCCCCCC1. The lowest BCUT2D eigenvalue weighted by atomic mass is 9.92. The first-order valence-electron chi connectivity index (χ1n) is 12.7. The Kier molecular flexibility index (Phi) is 7.42. The topological polar surface area (TPSA) is 63.6 Å². The van der Waals surface area contributed by atoms with Crippen LogP contribution in [0.3, 0.4) is 0 Å². The van der Waals surface area contributed by atoms with Crippen molar-refractivity contribution in [3.63, 3.8) is 0 Å². The summed E-state index contributed by atoms with van der Waals surface area (Å²) >= 11 is 0. The highest BCUT2D eigenvalue weighted by atomic mass is 16.5. The predicted molar refractivity (Wildman–Crippen MR) is 131 cm³/mol. The zero-order chi connectivity index (χ0) is 23.4. The Hall–Kier alpha value is -2.34. The molecule has 0 bridgehead atoms. The number of aromatic nitrogens is 1. The highest BCUT2D eigenvalue weighted by molar-refractivity contribution is 6.03. The van der Waals surface area contributed by atoms with Crippen molar-refractivity contribution in [2.45, 2.75) is 96.4 Å². The maximum absolute atomic E-state index is 13.8. The van der Waals surface area contributed by atoms with E-state index in [1.165, 1.54) is 19.3 Å². The van der Waals surface area contributed by atoms with E-state index in [1.807, 2.05) is 55.7 Å². The van der Waals surface area contributed by atoms with Crippen LogP contribution in [0.2, 0.25) is 0 Å². The van der Waals surface area contributed by atoms with E-state index in [2.05, 4.69) is 5.32 Å². The van der Waals surface area contributed by atoms with Gasteiger partial charge in [-0.2, -0.15) is 0 Å². The molecule has 0 saturated heterocycles. The predicted octanol–water partition coefficient (Wildman–Crippen LogP) is 4.90. The van der Waals surface area contributed by atoms with Crippen molar-refractivity contribution in [3.05, 3.63) is 36.0 Å². The van der Waals surface area contributed by atoms with Crippen LogP contribution < -0.4 is 5.32 Å². The summed E-state index contributed by atoms with van der Waals surface area (Å²) in [6, 6.07) is 10.2. The van der Waals surface area contributed by atoms with E-state index in [0.29, 0.717) is 31.8 Å². The number of hydrogen-bond donors (Lipinski definition) is 1. The minimum Gasteiger partial charge on any atom is -0.379 e. The van der Waals surface area contributed by atoms with E-state index in [1.54, 1.807) is 4.90 Å². The van der Waals surface area contributed by atoms with Gasteiger partial charge in [-0.05, 0) is 52.2 Å². The lowest BCUT2D eigenvalue weighted by molar-refractivity contribution is -0.133. The van der Waals surface area contributed by atoms with Crippen molar-refractivity contribution < 1.29 is 14.3 Å². The third-order valence-electron chi connectivity index (χ3n) is 7.24. The molecular weight excluding hydrogens is 414 g/mol. The molecule has 0 unspecified atom stereocenters. The van der Waals surface area contributed by atoms with Gasteiger partial charge in [0.15, 0.2) is 0 Å². The van der Waals surface area contributed by atoms with Gasteiger partial charge < -0.3 is 19.5 Å². The smallest absolute Gasteiger partial charge is 0.271 e. The van der Waals surface area contributed by atoms with E-state index in [0.717, 1.165) is 36.6 Å². The highest BCUT2D eigenvalue weighted by Crippen LogP contribution is 2.33. The zero-order valence-electron chi connectivity index (χ0n) is 20.4. The first-order chi connectivity index (χ1) is 15.9. The minimum absolute atomic E-state index is 0.0327. The van der Waals surface area contributed by atoms with Crippen LogP contribution in [0.25, 0.3) is 10.9 Å². The molecule has 1 N–H and O–H groups in total. The monoisotopic (exact) mass is 453 g/mol. The van der Waals surface area contributed by atoms with Crippen LogP contribution in [-0.2, 0) is 16.1 Å². The fourth-order valence-corrected chi connectivity index (χ4v) is 5.34. The minimum atomic E-state index is -0.938. The molecule has 2 aliphatic rings. The average molecular weight is 454 g/mol. The Balaban J connectivity index is 1.61. The molecule has 1 aromatic heterocycles. The standard InChI is InChI=1S/C27H39N3O3/c1-20(2)33-17-11-16-30-25(31)24-18-21-12-9-10-15-23(21)29(24)19-27(30,3)26(32)28-22-13-7-5-4-6-8-14-22/h9-10,12,15,18,20,22H,4-8,11,13-14,16-17,19H2,1-3H3,(H,28,32)/t27-/m0/s1. The van der Waals surface area contributed by atoms with Gasteiger partial charge in [0.05, 0.1) is 12.6 Å². The van der Waals surface area contributed by atoms with Crippen molar-refractivity contribution in [3.8, 4) is 0 Å². The van der Waals surface area contributed by atoms with Crippen LogP contribution in [0.15, 0.2) is 30.3 Å². The molecule has 0 radical (unpaired) electrons. The Bertz CT molecular complexity index is 974. The number of amides is 2. The van der Waals surface area contributed by atoms with E-state index in [4.69, 9.17) is 4.74 Å². The lowest BCUT2D eigenvalue weighted by Gasteiger charge is -2.45. The fraction of sp³-hybridized carbons (Fsp3) is 0.630. The summed E-state index contributed by atoms with van der Waals surface area (Å²) in [5, 5.41) is 4.39. The quantitative estimate of drug-likeness (QED) is 0.607. The summed E-state index contributed by atoms with van der Waals surface area (Å²) in [5.41, 5.74) is 0.734. The highest BCUT2D eigenvalue weighted by Gasteiger charge is 2.47. The molecule has 1 atom stereocenters. The van der Waals surface area contributed by atoms with Crippen LogP contribution >= 0.6 is 0 Å². The second kappa shape index (κ2) is 10.3. The molecular formula is C27H39N3O3. The molecule has 1 aliphatic carbocycles. The molecule has 2 aromatic rings. The maximum Gasteiger partial charge on any atom is 0.271 e. The summed E-state index contributed by atoms with van der Waals surface area (Å²) in [7, 11) is 0. The molecule has 1 fully saturated rings. The Morgan fingerprint density at radius 1 is 1.15 bits per heavy atom. The molecule has 1 aliphatic heterocycles. The van der Waals surface area contributed by atoms with Crippen molar-refractivity contribution in [1.29, 1.82) is 0 Å². The van der Waals surface area contributed by atoms with E-state index in [-0.39, 0.29) is 24.0 Å². The molecule has 1 aromatic carbocycles. The number of carbonyl (C=O) groups is 2. The number of nitrogens with one attached hydrogen (secondary N) is 1. The number of carbonyl (C=O) groups excluding carboxylic acids is 2. The van der Waals surface area contributed by atoms with Gasteiger partial charge in [-0.25, -0.2) is 0 Å². The van der Waals surface area contributed by atoms with Gasteiger partial charge in [0.25, 0.3) is 5.91 Å². The van der Waals surface area contributed by atoms with Crippen molar-refractivity contribution in [1.82, 2.24) is 14.8 Å². The largest absolute Gasteiger partial charge is 0.379 e. The molecule has 33 heavy (non-hydrogen) atoms. The molecule has 2 amide bonds. The number of benzene rings is 1. The lowest BCUT2D eigenvalue weighted by Crippen LogP contribution is -2.65. The number of nitrogens with zero attached hydrogens (tertiary/aromatic N) is 2. The van der Waals surface area contributed by atoms with Gasteiger partial charge in [-0.1, -0.05) is 50.3 Å². The van der Waals surface area contributed by atoms with Gasteiger partial charge in [-0.3, -0.25) is 9.59 Å². The molecule has 0 spiro atoms. The molecule has 4 rings (SSSR count). The van der Waals surface area contributed by atoms with Crippen molar-refractivity contribution >= 4 is 22.7 Å². The second-order valence-corrected chi connectivity index (χ2v) is 10.2.